The third-order valence-electron chi connectivity index (χ3n) is 3.19. The SMILES string of the molecule is CNCC1CCCC(CNC)CC1. The Morgan fingerprint density at radius 1 is 0.846 bits per heavy atom. The summed E-state index contributed by atoms with van der Waals surface area (Å²) in [6.07, 6.45) is 7.14. The molecule has 78 valence electrons. The van der Waals surface area contributed by atoms with E-state index in [0.717, 1.165) is 11.8 Å². The summed E-state index contributed by atoms with van der Waals surface area (Å²) in [5.74, 6) is 1.87. The molecule has 0 spiro atoms. The molecular formula is C11H24N2. The Bertz CT molecular complexity index is 111. The Morgan fingerprint density at radius 3 is 1.69 bits per heavy atom. The summed E-state index contributed by atoms with van der Waals surface area (Å²) >= 11 is 0. The second kappa shape index (κ2) is 6.39. The molecule has 1 aliphatic rings. The van der Waals surface area contributed by atoms with Crippen molar-refractivity contribution in [1.82, 2.24) is 10.6 Å². The molecular weight excluding hydrogens is 160 g/mol. The highest BCUT2D eigenvalue weighted by Gasteiger charge is 2.17. The van der Waals surface area contributed by atoms with Gasteiger partial charge < -0.3 is 10.6 Å². The van der Waals surface area contributed by atoms with Gasteiger partial charge in [-0.25, -0.2) is 0 Å². The molecule has 1 saturated carbocycles. The Balaban J connectivity index is 2.22. The van der Waals surface area contributed by atoms with Gasteiger partial charge in [0, 0.05) is 0 Å². The first-order chi connectivity index (χ1) is 6.36. The fraction of sp³-hybridized carbons (Fsp3) is 1.00. The molecule has 0 bridgehead atoms. The first-order valence-corrected chi connectivity index (χ1v) is 5.66. The molecule has 1 rings (SSSR count). The van der Waals surface area contributed by atoms with Gasteiger partial charge in [-0.1, -0.05) is 6.42 Å². The summed E-state index contributed by atoms with van der Waals surface area (Å²) in [6, 6.07) is 0. The zero-order valence-corrected chi connectivity index (χ0v) is 9.10. The van der Waals surface area contributed by atoms with Gasteiger partial charge in [-0.2, -0.15) is 0 Å². The number of rotatable bonds is 4. The molecule has 1 aliphatic carbocycles. The largest absolute Gasteiger partial charge is 0.319 e. The molecule has 2 unspecified atom stereocenters. The summed E-state index contributed by atoms with van der Waals surface area (Å²) in [4.78, 5) is 0. The molecule has 0 aromatic rings. The lowest BCUT2D eigenvalue weighted by molar-refractivity contribution is 0.412. The van der Waals surface area contributed by atoms with Crippen LogP contribution in [-0.2, 0) is 0 Å². The molecule has 2 atom stereocenters. The summed E-state index contributed by atoms with van der Waals surface area (Å²) in [5.41, 5.74) is 0. The molecule has 0 amide bonds. The minimum atomic E-state index is 0.937. The highest BCUT2D eigenvalue weighted by atomic mass is 14.8. The Labute approximate surface area is 82.5 Å². The van der Waals surface area contributed by atoms with Gasteiger partial charge in [-0.05, 0) is 64.7 Å². The second-order valence-corrected chi connectivity index (χ2v) is 4.36. The maximum Gasteiger partial charge on any atom is -0.00235 e. The molecule has 0 aromatic carbocycles. The van der Waals surface area contributed by atoms with Gasteiger partial charge in [0.05, 0.1) is 0 Å². The van der Waals surface area contributed by atoms with E-state index >= 15 is 0 Å². The quantitative estimate of drug-likeness (QED) is 0.649. The number of nitrogens with one attached hydrogen (secondary N) is 2. The fourth-order valence-electron chi connectivity index (χ4n) is 2.44. The highest BCUT2D eigenvalue weighted by molar-refractivity contribution is 4.72. The van der Waals surface area contributed by atoms with Crippen molar-refractivity contribution >= 4 is 0 Å². The number of hydrogen-bond donors (Lipinski definition) is 2. The van der Waals surface area contributed by atoms with Gasteiger partial charge >= 0.3 is 0 Å². The van der Waals surface area contributed by atoms with Crippen molar-refractivity contribution < 1.29 is 0 Å². The van der Waals surface area contributed by atoms with E-state index in [9.17, 15) is 0 Å². The van der Waals surface area contributed by atoms with E-state index in [0.29, 0.717) is 0 Å². The Kier molecular flexibility index (Phi) is 5.40. The summed E-state index contributed by atoms with van der Waals surface area (Å²) < 4.78 is 0. The van der Waals surface area contributed by atoms with Crippen LogP contribution in [-0.4, -0.2) is 27.2 Å². The standard InChI is InChI=1S/C11H24N2/c1-12-8-10-4-3-5-11(7-6-10)9-13-2/h10-13H,3-9H2,1-2H3. The molecule has 13 heavy (non-hydrogen) atoms. The molecule has 0 aromatic heterocycles. The lowest BCUT2D eigenvalue weighted by Gasteiger charge is -2.14. The molecule has 2 heteroatoms. The van der Waals surface area contributed by atoms with Gasteiger partial charge in [0.15, 0.2) is 0 Å². The maximum atomic E-state index is 3.30. The van der Waals surface area contributed by atoms with Crippen LogP contribution in [0.4, 0.5) is 0 Å². The molecule has 2 nitrogen and oxygen atoms in total. The average molecular weight is 184 g/mol. The monoisotopic (exact) mass is 184 g/mol. The van der Waals surface area contributed by atoms with Crippen molar-refractivity contribution in [3.63, 3.8) is 0 Å². The van der Waals surface area contributed by atoms with Crippen LogP contribution in [0.15, 0.2) is 0 Å². The molecule has 1 fully saturated rings. The van der Waals surface area contributed by atoms with Crippen molar-refractivity contribution in [1.29, 1.82) is 0 Å². The van der Waals surface area contributed by atoms with Crippen molar-refractivity contribution in [2.75, 3.05) is 27.2 Å². The van der Waals surface area contributed by atoms with Crippen molar-refractivity contribution in [3.8, 4) is 0 Å². The third-order valence-corrected chi connectivity index (χ3v) is 3.19. The van der Waals surface area contributed by atoms with Crippen molar-refractivity contribution in [2.45, 2.75) is 32.1 Å². The molecule has 0 aliphatic heterocycles. The first kappa shape index (κ1) is 11.0. The van der Waals surface area contributed by atoms with Gasteiger partial charge in [0.25, 0.3) is 0 Å². The fourth-order valence-corrected chi connectivity index (χ4v) is 2.44. The van der Waals surface area contributed by atoms with Crippen LogP contribution in [0.1, 0.15) is 32.1 Å². The third kappa shape index (κ3) is 4.10. The highest BCUT2D eigenvalue weighted by Crippen LogP contribution is 2.26. The van der Waals surface area contributed by atoms with E-state index in [-0.39, 0.29) is 0 Å². The minimum absolute atomic E-state index is 0.937. The van der Waals surface area contributed by atoms with Gasteiger partial charge in [0.2, 0.25) is 0 Å². The predicted molar refractivity (Wildman–Crippen MR) is 57.9 cm³/mol. The van der Waals surface area contributed by atoms with Gasteiger partial charge in [0.1, 0.15) is 0 Å². The molecule has 0 heterocycles. The van der Waals surface area contributed by atoms with Crippen LogP contribution in [0.5, 0.6) is 0 Å². The van der Waals surface area contributed by atoms with Crippen LogP contribution < -0.4 is 10.6 Å². The van der Waals surface area contributed by atoms with E-state index in [2.05, 4.69) is 24.7 Å². The van der Waals surface area contributed by atoms with E-state index < -0.39 is 0 Å². The zero-order valence-electron chi connectivity index (χ0n) is 9.10. The zero-order chi connectivity index (χ0) is 9.52. The van der Waals surface area contributed by atoms with Crippen molar-refractivity contribution in [3.05, 3.63) is 0 Å². The van der Waals surface area contributed by atoms with Crippen LogP contribution in [0.2, 0.25) is 0 Å². The number of hydrogen-bond acceptors (Lipinski definition) is 2. The predicted octanol–water partition coefficient (Wildman–Crippen LogP) is 1.62. The van der Waals surface area contributed by atoms with Gasteiger partial charge in [-0.15, -0.1) is 0 Å². The second-order valence-electron chi connectivity index (χ2n) is 4.36. The molecule has 0 radical (unpaired) electrons. The van der Waals surface area contributed by atoms with Crippen LogP contribution in [0.3, 0.4) is 0 Å². The average Bonchev–Trinajstić information content (AvgIpc) is 2.33. The van der Waals surface area contributed by atoms with E-state index in [4.69, 9.17) is 0 Å². The smallest absolute Gasteiger partial charge is 0.00235 e. The van der Waals surface area contributed by atoms with Crippen LogP contribution in [0, 0.1) is 11.8 Å². The van der Waals surface area contributed by atoms with Crippen molar-refractivity contribution in [2.24, 2.45) is 11.8 Å². The van der Waals surface area contributed by atoms with E-state index in [1.807, 2.05) is 0 Å². The summed E-state index contributed by atoms with van der Waals surface area (Å²) in [6.45, 7) is 2.43. The Hall–Kier alpha value is -0.0800. The Morgan fingerprint density at radius 2 is 1.31 bits per heavy atom. The van der Waals surface area contributed by atoms with Crippen LogP contribution >= 0.6 is 0 Å². The van der Waals surface area contributed by atoms with Crippen LogP contribution in [0.25, 0.3) is 0 Å². The lowest BCUT2D eigenvalue weighted by atomic mass is 9.98. The summed E-state index contributed by atoms with van der Waals surface area (Å²) in [5, 5.41) is 6.59. The van der Waals surface area contributed by atoms with Gasteiger partial charge in [-0.3, -0.25) is 0 Å². The molecule has 0 saturated heterocycles. The first-order valence-electron chi connectivity index (χ1n) is 5.66. The maximum absolute atomic E-state index is 3.30. The lowest BCUT2D eigenvalue weighted by Crippen LogP contribution is -2.20. The van der Waals surface area contributed by atoms with E-state index in [1.165, 1.54) is 45.2 Å². The molecule has 2 N–H and O–H groups in total. The normalized spacial score (nSPS) is 30.0. The summed E-state index contributed by atoms with van der Waals surface area (Å²) in [7, 11) is 4.13. The minimum Gasteiger partial charge on any atom is -0.319 e. The topological polar surface area (TPSA) is 24.1 Å². The van der Waals surface area contributed by atoms with E-state index in [1.54, 1.807) is 0 Å².